The van der Waals surface area contributed by atoms with Gasteiger partial charge in [0.1, 0.15) is 0 Å². The number of nitrogens with zero attached hydrogens (tertiary/aromatic N) is 2. The van der Waals surface area contributed by atoms with Gasteiger partial charge in [-0.05, 0) is 12.5 Å². The van der Waals surface area contributed by atoms with Crippen molar-refractivity contribution in [3.63, 3.8) is 0 Å². The van der Waals surface area contributed by atoms with Crippen molar-refractivity contribution in [3.8, 4) is 0 Å². The molecule has 1 aromatic heterocycles. The van der Waals surface area contributed by atoms with Crippen LogP contribution in [0.5, 0.6) is 0 Å². The van der Waals surface area contributed by atoms with E-state index in [0.717, 1.165) is 17.0 Å². The summed E-state index contributed by atoms with van der Waals surface area (Å²) in [5.41, 5.74) is 2.67. The number of benzene rings is 1. The zero-order chi connectivity index (χ0) is 15.1. The Kier molecular flexibility index (Phi) is 5.40. The van der Waals surface area contributed by atoms with Crippen molar-refractivity contribution < 1.29 is 9.53 Å². The molecule has 5 nitrogen and oxygen atoms in total. The van der Waals surface area contributed by atoms with Crippen LogP contribution < -0.4 is 5.32 Å². The Balaban J connectivity index is 1.96. The Morgan fingerprint density at radius 1 is 1.24 bits per heavy atom. The van der Waals surface area contributed by atoms with Crippen molar-refractivity contribution in [2.75, 3.05) is 13.7 Å². The third-order valence-electron chi connectivity index (χ3n) is 3.18. The van der Waals surface area contributed by atoms with Gasteiger partial charge in [0.25, 0.3) is 0 Å². The average molecular weight is 285 g/mol. The molecule has 0 saturated heterocycles. The second-order valence-electron chi connectivity index (χ2n) is 4.77. The van der Waals surface area contributed by atoms with E-state index in [1.54, 1.807) is 12.4 Å². The van der Waals surface area contributed by atoms with Gasteiger partial charge in [0, 0.05) is 25.5 Å². The molecule has 110 valence electrons. The van der Waals surface area contributed by atoms with Crippen molar-refractivity contribution in [1.82, 2.24) is 15.3 Å². The first-order valence-electron chi connectivity index (χ1n) is 6.81. The smallest absolute Gasteiger partial charge is 0.314 e. The standard InChI is InChI=1S/C16H19N3O2/c1-12-8-19-14(10-18-12)9-17-11-15(16(20)21-2)13-6-4-3-5-7-13/h3-8,10,15,17H,9,11H2,1-2H3. The van der Waals surface area contributed by atoms with Gasteiger partial charge in [-0.2, -0.15) is 0 Å². The van der Waals surface area contributed by atoms with Crippen molar-refractivity contribution in [2.45, 2.75) is 19.4 Å². The molecular formula is C16H19N3O2. The third kappa shape index (κ3) is 4.36. The molecule has 2 rings (SSSR count). The topological polar surface area (TPSA) is 64.1 Å². The Morgan fingerprint density at radius 2 is 2.00 bits per heavy atom. The SMILES string of the molecule is COC(=O)C(CNCc1cnc(C)cn1)c1ccccc1. The fourth-order valence-electron chi connectivity index (χ4n) is 2.02. The lowest BCUT2D eigenvalue weighted by Crippen LogP contribution is -2.27. The summed E-state index contributed by atoms with van der Waals surface area (Å²) in [4.78, 5) is 20.4. The molecule has 21 heavy (non-hydrogen) atoms. The zero-order valence-electron chi connectivity index (χ0n) is 12.2. The molecule has 2 aromatic rings. The molecule has 1 atom stereocenters. The Hall–Kier alpha value is -2.27. The summed E-state index contributed by atoms with van der Waals surface area (Å²) in [6.45, 7) is 2.95. The monoisotopic (exact) mass is 285 g/mol. The Bertz CT molecular complexity index is 570. The number of nitrogens with one attached hydrogen (secondary N) is 1. The zero-order valence-corrected chi connectivity index (χ0v) is 12.2. The number of esters is 1. The second kappa shape index (κ2) is 7.50. The lowest BCUT2D eigenvalue weighted by molar-refractivity contribution is -0.142. The summed E-state index contributed by atoms with van der Waals surface area (Å²) in [6.07, 6.45) is 3.46. The van der Waals surface area contributed by atoms with E-state index in [4.69, 9.17) is 4.74 Å². The molecule has 1 aromatic carbocycles. The van der Waals surface area contributed by atoms with Gasteiger partial charge < -0.3 is 10.1 Å². The Labute approximate surface area is 124 Å². The fourth-order valence-corrected chi connectivity index (χ4v) is 2.02. The Morgan fingerprint density at radius 3 is 2.62 bits per heavy atom. The molecule has 0 saturated carbocycles. The van der Waals surface area contributed by atoms with Crippen LogP contribution in [0.2, 0.25) is 0 Å². The number of hydrogen-bond acceptors (Lipinski definition) is 5. The van der Waals surface area contributed by atoms with Gasteiger partial charge in [-0.3, -0.25) is 14.8 Å². The number of methoxy groups -OCH3 is 1. The van der Waals surface area contributed by atoms with Gasteiger partial charge >= 0.3 is 5.97 Å². The van der Waals surface area contributed by atoms with Crippen molar-refractivity contribution in [1.29, 1.82) is 0 Å². The summed E-state index contributed by atoms with van der Waals surface area (Å²) in [5.74, 6) is -0.571. The summed E-state index contributed by atoms with van der Waals surface area (Å²) in [5, 5.41) is 3.23. The number of carbonyl (C=O) groups is 1. The average Bonchev–Trinajstić information content (AvgIpc) is 2.53. The fraction of sp³-hybridized carbons (Fsp3) is 0.312. The van der Waals surface area contributed by atoms with E-state index in [-0.39, 0.29) is 11.9 Å². The van der Waals surface area contributed by atoms with E-state index in [1.807, 2.05) is 37.3 Å². The van der Waals surface area contributed by atoms with Crippen LogP contribution in [-0.4, -0.2) is 29.6 Å². The first-order valence-corrected chi connectivity index (χ1v) is 6.81. The highest BCUT2D eigenvalue weighted by Crippen LogP contribution is 2.16. The predicted molar refractivity (Wildman–Crippen MR) is 79.7 cm³/mol. The number of ether oxygens (including phenoxy) is 1. The van der Waals surface area contributed by atoms with E-state index in [9.17, 15) is 4.79 Å². The maximum Gasteiger partial charge on any atom is 0.314 e. The molecule has 1 unspecified atom stereocenters. The number of hydrogen-bond donors (Lipinski definition) is 1. The molecular weight excluding hydrogens is 266 g/mol. The molecule has 0 aliphatic rings. The largest absolute Gasteiger partial charge is 0.469 e. The van der Waals surface area contributed by atoms with Gasteiger partial charge in [-0.15, -0.1) is 0 Å². The van der Waals surface area contributed by atoms with E-state index < -0.39 is 0 Å². The lowest BCUT2D eigenvalue weighted by atomic mass is 9.99. The van der Waals surface area contributed by atoms with Crippen LogP contribution in [0.4, 0.5) is 0 Å². The van der Waals surface area contributed by atoms with Gasteiger partial charge in [0.2, 0.25) is 0 Å². The number of rotatable bonds is 6. The summed E-state index contributed by atoms with van der Waals surface area (Å²) >= 11 is 0. The maximum absolute atomic E-state index is 11.9. The lowest BCUT2D eigenvalue weighted by Gasteiger charge is -2.15. The molecule has 0 fully saturated rings. The summed E-state index contributed by atoms with van der Waals surface area (Å²) in [7, 11) is 1.41. The molecule has 0 bridgehead atoms. The molecule has 0 aliphatic carbocycles. The minimum atomic E-state index is -0.324. The van der Waals surface area contributed by atoms with Crippen LogP contribution >= 0.6 is 0 Å². The number of aromatic nitrogens is 2. The quantitative estimate of drug-likeness (QED) is 0.820. The molecule has 0 radical (unpaired) electrons. The second-order valence-corrected chi connectivity index (χ2v) is 4.77. The predicted octanol–water partition coefficient (Wildman–Crippen LogP) is 1.83. The van der Waals surface area contributed by atoms with Crippen LogP contribution in [0.15, 0.2) is 42.7 Å². The molecule has 1 N–H and O–H groups in total. The van der Waals surface area contributed by atoms with Crippen LogP contribution in [0, 0.1) is 6.92 Å². The normalized spacial score (nSPS) is 11.9. The van der Waals surface area contributed by atoms with Crippen LogP contribution in [0.1, 0.15) is 22.9 Å². The van der Waals surface area contributed by atoms with Gasteiger partial charge in [-0.1, -0.05) is 30.3 Å². The summed E-state index contributed by atoms with van der Waals surface area (Å²) in [6, 6.07) is 9.60. The number of carbonyl (C=O) groups excluding carboxylic acids is 1. The van der Waals surface area contributed by atoms with Crippen LogP contribution in [-0.2, 0) is 16.1 Å². The minimum Gasteiger partial charge on any atom is -0.469 e. The highest BCUT2D eigenvalue weighted by molar-refractivity contribution is 5.78. The van der Waals surface area contributed by atoms with Gasteiger partial charge in [0.15, 0.2) is 0 Å². The highest BCUT2D eigenvalue weighted by atomic mass is 16.5. The first-order chi connectivity index (χ1) is 10.2. The summed E-state index contributed by atoms with van der Waals surface area (Å²) < 4.78 is 4.88. The van der Waals surface area contributed by atoms with Crippen LogP contribution in [0.25, 0.3) is 0 Å². The molecule has 0 spiro atoms. The van der Waals surface area contributed by atoms with E-state index in [0.29, 0.717) is 13.1 Å². The molecule has 1 heterocycles. The van der Waals surface area contributed by atoms with Crippen LogP contribution in [0.3, 0.4) is 0 Å². The van der Waals surface area contributed by atoms with Crippen molar-refractivity contribution in [2.24, 2.45) is 0 Å². The first kappa shape index (κ1) is 15.1. The van der Waals surface area contributed by atoms with E-state index in [2.05, 4.69) is 15.3 Å². The highest BCUT2D eigenvalue weighted by Gasteiger charge is 2.20. The van der Waals surface area contributed by atoms with Crippen molar-refractivity contribution in [3.05, 3.63) is 59.7 Å². The molecule has 5 heteroatoms. The maximum atomic E-state index is 11.9. The molecule has 0 aliphatic heterocycles. The van der Waals surface area contributed by atoms with E-state index >= 15 is 0 Å². The van der Waals surface area contributed by atoms with E-state index in [1.165, 1.54) is 7.11 Å². The molecule has 0 amide bonds. The van der Waals surface area contributed by atoms with Crippen molar-refractivity contribution >= 4 is 5.97 Å². The van der Waals surface area contributed by atoms with Gasteiger partial charge in [-0.25, -0.2) is 0 Å². The number of aryl methyl sites for hydroxylation is 1. The minimum absolute atomic E-state index is 0.247. The van der Waals surface area contributed by atoms with Gasteiger partial charge in [0.05, 0.1) is 24.4 Å². The third-order valence-corrected chi connectivity index (χ3v) is 3.18.